The van der Waals surface area contributed by atoms with E-state index in [0.717, 1.165) is 64.6 Å². The summed E-state index contributed by atoms with van der Waals surface area (Å²) in [6.45, 7) is 0. The lowest BCUT2D eigenvalue weighted by molar-refractivity contribution is 1.60. The van der Waals surface area contributed by atoms with E-state index in [2.05, 4.69) is 12.1 Å². The molecule has 0 fully saturated rings. The summed E-state index contributed by atoms with van der Waals surface area (Å²) >= 11 is 0. The van der Waals surface area contributed by atoms with Crippen LogP contribution in [0.1, 0.15) is 11.0 Å². The lowest BCUT2D eigenvalue weighted by Crippen LogP contribution is -1.89. The molecule has 0 bridgehead atoms. The Kier molecular flexibility index (Phi) is 4.46. The Labute approximate surface area is 290 Å². The quantitative estimate of drug-likeness (QED) is 0.137. The van der Waals surface area contributed by atoms with E-state index in [4.69, 9.17) is 2.74 Å². The Morgan fingerprint density at radius 3 is 1.12 bits per heavy atom. The molecule has 0 nitrogen and oxygen atoms in total. The molecule has 0 saturated carbocycles. The van der Waals surface area contributed by atoms with Gasteiger partial charge in [0, 0.05) is 0 Å². The number of benzene rings is 10. The fourth-order valence-electron chi connectivity index (χ4n) is 7.37. The highest BCUT2D eigenvalue weighted by molar-refractivity contribution is 6.21. The molecule has 10 rings (SSSR count). The molecule has 0 atom stereocenters. The van der Waals surface area contributed by atoms with Gasteiger partial charge in [-0.25, -0.2) is 0 Å². The van der Waals surface area contributed by atoms with Gasteiger partial charge in [-0.05, 0) is 122 Å². The summed E-state index contributed by atoms with van der Waals surface area (Å²) in [5.41, 5.74) is 0.984. The zero-order valence-corrected chi connectivity index (χ0v) is 25.7. The molecule has 0 aliphatic heterocycles. The number of fused-ring (bicyclic) bond motifs is 8. The highest BCUT2D eigenvalue weighted by Crippen LogP contribution is 2.42. The van der Waals surface area contributed by atoms with Gasteiger partial charge in [-0.2, -0.15) is 0 Å². The Morgan fingerprint density at radius 1 is 0.292 bits per heavy atom. The van der Waals surface area contributed by atoms with Crippen LogP contribution in [0, 0.1) is 0 Å². The van der Waals surface area contributed by atoms with Crippen molar-refractivity contribution in [2.75, 3.05) is 0 Å². The van der Waals surface area contributed by atoms with Crippen LogP contribution in [0.4, 0.5) is 0 Å². The summed E-state index contributed by atoms with van der Waals surface area (Å²) in [7, 11) is 0. The molecule has 10 aromatic rings. The van der Waals surface area contributed by atoms with Crippen molar-refractivity contribution in [1.82, 2.24) is 0 Å². The third-order valence-corrected chi connectivity index (χ3v) is 9.54. The summed E-state index contributed by atoms with van der Waals surface area (Å²) in [5.74, 6) is 0. The monoisotopic (exact) mass is 614 g/mol. The highest BCUT2D eigenvalue weighted by Gasteiger charge is 2.15. The summed E-state index contributed by atoms with van der Waals surface area (Å²) in [4.78, 5) is 0. The van der Waals surface area contributed by atoms with Gasteiger partial charge >= 0.3 is 0 Å². The van der Waals surface area contributed by atoms with Gasteiger partial charge in [0.15, 0.2) is 0 Å². The van der Waals surface area contributed by atoms with Crippen LogP contribution in [0.2, 0.25) is 0 Å². The fourth-order valence-corrected chi connectivity index (χ4v) is 7.37. The van der Waals surface area contributed by atoms with Crippen molar-refractivity contribution in [3.63, 3.8) is 0 Å². The van der Waals surface area contributed by atoms with Crippen LogP contribution in [0.25, 0.3) is 98.0 Å². The zero-order chi connectivity index (χ0) is 38.6. The maximum absolute atomic E-state index is 9.86. The molecule has 222 valence electrons. The molecular formula is C48H30. The van der Waals surface area contributed by atoms with Crippen LogP contribution in [0.5, 0.6) is 0 Å². The van der Waals surface area contributed by atoms with E-state index >= 15 is 0 Å². The minimum atomic E-state index is -0.474. The van der Waals surface area contributed by atoms with Crippen LogP contribution < -0.4 is 0 Å². The molecular weight excluding hydrogens is 577 g/mol. The Bertz CT molecular complexity index is 3130. The van der Waals surface area contributed by atoms with Crippen LogP contribution in [-0.4, -0.2) is 0 Å². The number of rotatable bonds is 3. The first kappa shape index (κ1) is 20.1. The lowest BCUT2D eigenvalue weighted by atomic mass is 9.87. The van der Waals surface area contributed by atoms with E-state index in [9.17, 15) is 8.22 Å². The molecule has 0 aliphatic carbocycles. The first-order chi connectivity index (χ1) is 27.2. The second-order valence-corrected chi connectivity index (χ2v) is 12.2. The summed E-state index contributed by atoms with van der Waals surface area (Å²) < 4.78 is 75.1. The standard InChI is InChI=1S/C48H30/c1-5-19-39-31(11-1)23-25-43-45(39)29-35-13-3-7-21-41(35)47(43)37-17-9-15-33(27-37)34-16-10-18-38(28-34)48-42-22-8-4-14-36(42)30-46-40-20-6-2-12-32(40)24-26-44(46)48/h1-30H/i9D,10D,15D,16D,17D,18D,27D,28D. The van der Waals surface area contributed by atoms with Crippen LogP contribution >= 0.6 is 0 Å². The van der Waals surface area contributed by atoms with Gasteiger partial charge in [0.2, 0.25) is 0 Å². The second-order valence-electron chi connectivity index (χ2n) is 12.2. The fraction of sp³-hybridized carbons (Fsp3) is 0. The minimum Gasteiger partial charge on any atom is -0.0616 e. The Balaban J connectivity index is 1.34. The van der Waals surface area contributed by atoms with Crippen LogP contribution in [-0.2, 0) is 0 Å². The molecule has 10 aromatic carbocycles. The van der Waals surface area contributed by atoms with E-state index in [1.807, 2.05) is 121 Å². The largest absolute Gasteiger partial charge is 0.0636 e. The van der Waals surface area contributed by atoms with Gasteiger partial charge in [-0.3, -0.25) is 0 Å². The highest BCUT2D eigenvalue weighted by atomic mass is 14.2. The molecule has 48 heavy (non-hydrogen) atoms. The third kappa shape index (κ3) is 4.16. The molecule has 0 unspecified atom stereocenters. The molecule has 0 radical (unpaired) electrons. The molecule has 0 aliphatic rings. The molecule has 0 saturated heterocycles. The second kappa shape index (κ2) is 10.7. The Morgan fingerprint density at radius 2 is 0.667 bits per heavy atom. The molecule has 0 spiro atoms. The maximum atomic E-state index is 9.86. The van der Waals surface area contributed by atoms with Crippen molar-refractivity contribution >= 4 is 64.6 Å². The van der Waals surface area contributed by atoms with Crippen molar-refractivity contribution in [3.05, 3.63) is 182 Å². The van der Waals surface area contributed by atoms with E-state index in [-0.39, 0.29) is 46.4 Å². The predicted octanol–water partition coefficient (Wildman–Crippen LogP) is 13.6. The number of hydrogen-bond donors (Lipinski definition) is 0. The van der Waals surface area contributed by atoms with E-state index in [0.29, 0.717) is 11.1 Å². The van der Waals surface area contributed by atoms with Gasteiger partial charge in [0.1, 0.15) is 0 Å². The van der Waals surface area contributed by atoms with E-state index in [1.54, 1.807) is 0 Å². The summed E-state index contributed by atoms with van der Waals surface area (Å²) in [5, 5.41) is 10.7. The topological polar surface area (TPSA) is 0 Å². The van der Waals surface area contributed by atoms with Gasteiger partial charge in [0.05, 0.1) is 11.0 Å². The van der Waals surface area contributed by atoms with Gasteiger partial charge in [-0.1, -0.05) is 158 Å². The average molecular weight is 615 g/mol. The molecule has 0 N–H and O–H groups in total. The zero-order valence-electron chi connectivity index (χ0n) is 33.7. The van der Waals surface area contributed by atoms with Crippen molar-refractivity contribution in [2.24, 2.45) is 0 Å². The van der Waals surface area contributed by atoms with Crippen LogP contribution in [0.3, 0.4) is 0 Å². The maximum Gasteiger partial charge on any atom is 0.0636 e. The number of hydrogen-bond acceptors (Lipinski definition) is 0. The summed E-state index contributed by atoms with van der Waals surface area (Å²) in [6, 6.07) is 40.6. The van der Waals surface area contributed by atoms with Gasteiger partial charge < -0.3 is 0 Å². The average Bonchev–Trinajstić information content (AvgIpc) is 3.22. The first-order valence-corrected chi connectivity index (χ1v) is 16.0. The molecule has 0 aromatic heterocycles. The normalized spacial score (nSPS) is 14.1. The van der Waals surface area contributed by atoms with E-state index < -0.39 is 24.2 Å². The lowest BCUT2D eigenvalue weighted by Gasteiger charge is -2.16. The molecule has 0 heteroatoms. The smallest absolute Gasteiger partial charge is 0.0616 e. The van der Waals surface area contributed by atoms with Crippen molar-refractivity contribution < 1.29 is 11.0 Å². The van der Waals surface area contributed by atoms with E-state index in [1.165, 1.54) is 0 Å². The van der Waals surface area contributed by atoms with Crippen LogP contribution in [0.15, 0.2) is 182 Å². The van der Waals surface area contributed by atoms with Crippen molar-refractivity contribution in [1.29, 1.82) is 0 Å². The van der Waals surface area contributed by atoms with Gasteiger partial charge in [0.25, 0.3) is 0 Å². The van der Waals surface area contributed by atoms with Crippen molar-refractivity contribution in [2.45, 2.75) is 0 Å². The third-order valence-electron chi connectivity index (χ3n) is 9.54. The first-order valence-electron chi connectivity index (χ1n) is 20.0. The SMILES string of the molecule is [2H]c1c([2H])c(-c2c([2H])c([2H])c([2H])c(-c3c4ccccc4cc4c3ccc3ccccc34)c2[2H])c([2H])c(-c2c3ccccc3cc3c2ccc2ccccc23)c1[2H]. The molecule has 0 amide bonds. The van der Waals surface area contributed by atoms with Gasteiger partial charge in [-0.15, -0.1) is 0 Å². The minimum absolute atomic E-state index is 0.113. The Hall–Kier alpha value is -6.24. The predicted molar refractivity (Wildman–Crippen MR) is 208 cm³/mol. The summed E-state index contributed by atoms with van der Waals surface area (Å²) in [6.07, 6.45) is 0. The van der Waals surface area contributed by atoms with Crippen molar-refractivity contribution in [3.8, 4) is 33.4 Å². The molecule has 0 heterocycles.